The molecule has 0 fully saturated rings. The lowest BCUT2D eigenvalue weighted by molar-refractivity contribution is -0.139. The molecule has 1 N–H and O–H groups in total. The summed E-state index contributed by atoms with van der Waals surface area (Å²) < 4.78 is 51.6. The van der Waals surface area contributed by atoms with Gasteiger partial charge in [0.05, 0.1) is 6.33 Å². The minimum absolute atomic E-state index is 0.128. The standard InChI is InChI=1S/C19H20F3N5O3/c1-18(2,3)30-17(28)29-11-27-10-24-13-14(19(20,21)22)25-16(26-15(13)27)23-9-12-7-5-4-6-8-12/h4-8,10H,9,11H2,1-3H3,(H,23,25,26). The van der Waals surface area contributed by atoms with E-state index in [1.54, 1.807) is 20.8 Å². The normalized spacial score (nSPS) is 12.1. The number of imidazole rings is 1. The van der Waals surface area contributed by atoms with Crippen LogP contribution in [0.2, 0.25) is 0 Å². The van der Waals surface area contributed by atoms with Crippen LogP contribution in [0, 0.1) is 0 Å². The molecule has 160 valence electrons. The van der Waals surface area contributed by atoms with Crippen LogP contribution in [0.25, 0.3) is 11.2 Å². The molecule has 0 aliphatic carbocycles. The number of benzene rings is 1. The molecule has 1 aromatic carbocycles. The Morgan fingerprint density at radius 2 is 1.83 bits per heavy atom. The third-order valence-electron chi connectivity index (χ3n) is 3.74. The van der Waals surface area contributed by atoms with E-state index < -0.39 is 35.9 Å². The summed E-state index contributed by atoms with van der Waals surface area (Å²) in [6.07, 6.45) is -4.60. The van der Waals surface area contributed by atoms with E-state index in [-0.39, 0.29) is 18.1 Å². The second-order valence-electron chi connectivity index (χ2n) is 7.36. The summed E-state index contributed by atoms with van der Waals surface area (Å²) in [6, 6.07) is 9.08. The molecule has 0 amide bonds. The molecule has 3 aromatic rings. The van der Waals surface area contributed by atoms with Crippen molar-refractivity contribution < 1.29 is 27.4 Å². The quantitative estimate of drug-likeness (QED) is 0.610. The summed E-state index contributed by atoms with van der Waals surface area (Å²) in [4.78, 5) is 23.2. The molecule has 0 aliphatic rings. The number of carbonyl (C=O) groups is 1. The van der Waals surface area contributed by atoms with E-state index >= 15 is 0 Å². The van der Waals surface area contributed by atoms with E-state index in [2.05, 4.69) is 20.3 Å². The van der Waals surface area contributed by atoms with E-state index in [1.807, 2.05) is 30.3 Å². The van der Waals surface area contributed by atoms with Crippen LogP contribution in [-0.4, -0.2) is 31.3 Å². The Labute approximate surface area is 170 Å². The van der Waals surface area contributed by atoms with Crippen LogP contribution < -0.4 is 5.32 Å². The van der Waals surface area contributed by atoms with E-state index in [9.17, 15) is 18.0 Å². The van der Waals surface area contributed by atoms with Crippen molar-refractivity contribution in [3.63, 3.8) is 0 Å². The highest BCUT2D eigenvalue weighted by atomic mass is 19.4. The number of hydrogen-bond acceptors (Lipinski definition) is 7. The molecule has 8 nitrogen and oxygen atoms in total. The maximum absolute atomic E-state index is 13.5. The topological polar surface area (TPSA) is 91.2 Å². The molecule has 0 spiro atoms. The van der Waals surface area contributed by atoms with Gasteiger partial charge in [-0.1, -0.05) is 30.3 Å². The highest BCUT2D eigenvalue weighted by Crippen LogP contribution is 2.33. The second kappa shape index (κ2) is 8.17. The number of anilines is 1. The van der Waals surface area contributed by atoms with Crippen LogP contribution in [-0.2, 0) is 28.9 Å². The molecule has 2 heterocycles. The molecule has 0 radical (unpaired) electrons. The lowest BCUT2D eigenvalue weighted by Crippen LogP contribution is -2.25. The average Bonchev–Trinajstić information content (AvgIpc) is 3.05. The first-order valence-electron chi connectivity index (χ1n) is 8.96. The van der Waals surface area contributed by atoms with Gasteiger partial charge in [-0.25, -0.2) is 14.8 Å². The molecule has 0 bridgehead atoms. The number of rotatable bonds is 5. The van der Waals surface area contributed by atoms with Crippen molar-refractivity contribution in [3.05, 3.63) is 47.9 Å². The average molecular weight is 423 g/mol. The Hall–Kier alpha value is -3.37. The number of carbonyl (C=O) groups excluding carboxylic acids is 1. The van der Waals surface area contributed by atoms with Gasteiger partial charge in [0.2, 0.25) is 5.95 Å². The highest BCUT2D eigenvalue weighted by Gasteiger charge is 2.37. The first-order chi connectivity index (χ1) is 14.0. The van der Waals surface area contributed by atoms with Crippen LogP contribution in [0.4, 0.5) is 23.9 Å². The predicted octanol–water partition coefficient (Wildman–Crippen LogP) is 4.37. The van der Waals surface area contributed by atoms with E-state index in [4.69, 9.17) is 9.47 Å². The molecular weight excluding hydrogens is 403 g/mol. The second-order valence-corrected chi connectivity index (χ2v) is 7.36. The van der Waals surface area contributed by atoms with Crippen LogP contribution in [0.1, 0.15) is 32.0 Å². The number of nitrogens with zero attached hydrogens (tertiary/aromatic N) is 4. The first kappa shape index (κ1) is 21.3. The van der Waals surface area contributed by atoms with Gasteiger partial charge in [0, 0.05) is 6.54 Å². The Balaban J connectivity index is 1.87. The van der Waals surface area contributed by atoms with Crippen molar-refractivity contribution in [2.45, 2.75) is 45.8 Å². The fourth-order valence-electron chi connectivity index (χ4n) is 2.49. The summed E-state index contributed by atoms with van der Waals surface area (Å²) in [5.41, 5.74) is -1.68. The van der Waals surface area contributed by atoms with E-state index in [0.717, 1.165) is 11.9 Å². The molecule has 3 rings (SSSR count). The van der Waals surface area contributed by atoms with Gasteiger partial charge in [0.25, 0.3) is 0 Å². The van der Waals surface area contributed by atoms with Crippen molar-refractivity contribution in [3.8, 4) is 0 Å². The van der Waals surface area contributed by atoms with Gasteiger partial charge in [0.15, 0.2) is 18.1 Å². The highest BCUT2D eigenvalue weighted by molar-refractivity contribution is 5.75. The Kier molecular flexibility index (Phi) is 5.81. The minimum atomic E-state index is -4.74. The summed E-state index contributed by atoms with van der Waals surface area (Å²) >= 11 is 0. The van der Waals surface area contributed by atoms with E-state index in [1.165, 1.54) is 4.57 Å². The van der Waals surface area contributed by atoms with Crippen molar-refractivity contribution >= 4 is 23.3 Å². The van der Waals surface area contributed by atoms with Crippen LogP contribution in [0.15, 0.2) is 36.7 Å². The minimum Gasteiger partial charge on any atom is -0.429 e. The lowest BCUT2D eigenvalue weighted by Gasteiger charge is -2.18. The molecule has 0 saturated carbocycles. The third-order valence-corrected chi connectivity index (χ3v) is 3.74. The summed E-state index contributed by atoms with van der Waals surface area (Å²) in [6.45, 7) is 4.79. The molecule has 2 aromatic heterocycles. The molecule has 30 heavy (non-hydrogen) atoms. The van der Waals surface area contributed by atoms with Crippen molar-refractivity contribution in [2.24, 2.45) is 0 Å². The summed E-state index contributed by atoms with van der Waals surface area (Å²) in [5, 5.41) is 2.78. The summed E-state index contributed by atoms with van der Waals surface area (Å²) in [7, 11) is 0. The van der Waals surface area contributed by atoms with Gasteiger partial charge >= 0.3 is 12.3 Å². The van der Waals surface area contributed by atoms with Gasteiger partial charge in [-0.15, -0.1) is 0 Å². The first-order valence-corrected chi connectivity index (χ1v) is 8.96. The Morgan fingerprint density at radius 1 is 1.13 bits per heavy atom. The number of fused-ring (bicyclic) bond motifs is 1. The zero-order valence-corrected chi connectivity index (χ0v) is 16.5. The maximum Gasteiger partial charge on any atom is 0.510 e. The van der Waals surface area contributed by atoms with Crippen molar-refractivity contribution in [1.82, 2.24) is 19.5 Å². The fraction of sp³-hybridized carbons (Fsp3) is 0.368. The smallest absolute Gasteiger partial charge is 0.429 e. The lowest BCUT2D eigenvalue weighted by atomic mass is 10.2. The third kappa shape index (κ3) is 5.37. The maximum atomic E-state index is 13.5. The number of ether oxygens (including phenoxy) is 2. The molecule has 11 heteroatoms. The van der Waals surface area contributed by atoms with Crippen LogP contribution in [0.3, 0.4) is 0 Å². The molecule has 0 unspecified atom stereocenters. The Morgan fingerprint density at radius 3 is 2.47 bits per heavy atom. The van der Waals surface area contributed by atoms with Gasteiger partial charge in [-0.2, -0.15) is 18.2 Å². The van der Waals surface area contributed by atoms with Crippen molar-refractivity contribution in [2.75, 3.05) is 5.32 Å². The zero-order chi connectivity index (χ0) is 21.9. The number of nitrogens with one attached hydrogen (secondary N) is 1. The van der Waals surface area contributed by atoms with Crippen molar-refractivity contribution in [1.29, 1.82) is 0 Å². The fourth-order valence-corrected chi connectivity index (χ4v) is 2.49. The molecule has 0 saturated heterocycles. The van der Waals surface area contributed by atoms with Crippen LogP contribution >= 0.6 is 0 Å². The number of hydrogen-bond donors (Lipinski definition) is 1. The monoisotopic (exact) mass is 423 g/mol. The van der Waals surface area contributed by atoms with Gasteiger partial charge in [-0.3, -0.25) is 4.57 Å². The molecule has 0 atom stereocenters. The van der Waals surface area contributed by atoms with E-state index in [0.29, 0.717) is 0 Å². The summed E-state index contributed by atoms with van der Waals surface area (Å²) in [5.74, 6) is -0.224. The largest absolute Gasteiger partial charge is 0.510 e. The number of halogens is 3. The molecule has 0 aliphatic heterocycles. The van der Waals surface area contributed by atoms with Gasteiger partial charge < -0.3 is 14.8 Å². The van der Waals surface area contributed by atoms with Crippen LogP contribution in [0.5, 0.6) is 0 Å². The SMILES string of the molecule is CC(C)(C)OC(=O)OCn1cnc2c(C(F)(F)F)nc(NCc3ccccc3)nc21. The zero-order valence-electron chi connectivity index (χ0n) is 16.5. The molecular formula is C19H20F3N5O3. The predicted molar refractivity (Wildman–Crippen MR) is 101 cm³/mol. The number of aromatic nitrogens is 4. The Bertz CT molecular complexity index is 1030. The van der Waals surface area contributed by atoms with Gasteiger partial charge in [-0.05, 0) is 26.3 Å². The number of alkyl halides is 3. The van der Waals surface area contributed by atoms with Gasteiger partial charge in [0.1, 0.15) is 11.1 Å².